The Balaban J connectivity index is 2.74. The highest BCUT2D eigenvalue weighted by molar-refractivity contribution is 5.83. The third-order valence-electron chi connectivity index (χ3n) is 2.59. The number of fused-ring (bicyclic) bond motifs is 1. The van der Waals surface area contributed by atoms with E-state index < -0.39 is 0 Å². The average Bonchev–Trinajstić information content (AvgIpc) is 2.17. The minimum absolute atomic E-state index is 1.12. The zero-order valence-electron chi connectivity index (χ0n) is 8.17. The molecule has 0 N–H and O–H groups in total. The molecular weight excluding hydrogens is 156 g/mol. The molecule has 0 spiro atoms. The van der Waals surface area contributed by atoms with E-state index in [0.29, 0.717) is 0 Å². The van der Waals surface area contributed by atoms with Gasteiger partial charge in [-0.1, -0.05) is 43.3 Å². The lowest BCUT2D eigenvalue weighted by Crippen LogP contribution is -1.86. The van der Waals surface area contributed by atoms with Crippen molar-refractivity contribution in [1.82, 2.24) is 0 Å². The van der Waals surface area contributed by atoms with Gasteiger partial charge in [0.25, 0.3) is 0 Å². The van der Waals surface area contributed by atoms with Crippen molar-refractivity contribution >= 4 is 10.8 Å². The highest BCUT2D eigenvalue weighted by Crippen LogP contribution is 2.19. The van der Waals surface area contributed by atoms with E-state index in [1.807, 2.05) is 0 Å². The predicted octanol–water partition coefficient (Wildman–Crippen LogP) is 3.71. The van der Waals surface area contributed by atoms with Crippen LogP contribution in [0.3, 0.4) is 0 Å². The van der Waals surface area contributed by atoms with E-state index in [0.717, 1.165) is 6.42 Å². The van der Waals surface area contributed by atoms with Crippen LogP contribution >= 0.6 is 0 Å². The Labute approximate surface area is 79.2 Å². The molecule has 0 heteroatoms. The quantitative estimate of drug-likeness (QED) is 0.612. The predicted molar refractivity (Wildman–Crippen MR) is 58.1 cm³/mol. The van der Waals surface area contributed by atoms with E-state index in [1.165, 1.54) is 21.9 Å². The summed E-state index contributed by atoms with van der Waals surface area (Å²) < 4.78 is 0. The normalized spacial score (nSPS) is 10.6. The standard InChI is InChI=1S/C13H14/c1-3-11-9-13-7-5-4-6-12(13)8-10(11)2/h4-9H,3H2,1-2H3. The van der Waals surface area contributed by atoms with Crippen molar-refractivity contribution in [3.63, 3.8) is 0 Å². The Kier molecular flexibility index (Phi) is 2.05. The third-order valence-corrected chi connectivity index (χ3v) is 2.59. The van der Waals surface area contributed by atoms with Gasteiger partial charge in [-0.25, -0.2) is 0 Å². The van der Waals surface area contributed by atoms with E-state index >= 15 is 0 Å². The first-order chi connectivity index (χ1) is 6.31. The Morgan fingerprint density at radius 1 is 1.00 bits per heavy atom. The Morgan fingerprint density at radius 3 is 2.23 bits per heavy atom. The summed E-state index contributed by atoms with van der Waals surface area (Å²) in [6, 6.07) is 13.1. The summed E-state index contributed by atoms with van der Waals surface area (Å²) in [5.74, 6) is 0. The van der Waals surface area contributed by atoms with E-state index in [-0.39, 0.29) is 0 Å². The minimum Gasteiger partial charge on any atom is -0.0616 e. The van der Waals surface area contributed by atoms with E-state index in [9.17, 15) is 0 Å². The van der Waals surface area contributed by atoms with Crippen LogP contribution in [0.4, 0.5) is 0 Å². The summed E-state index contributed by atoms with van der Waals surface area (Å²) in [4.78, 5) is 0. The molecule has 0 aromatic heterocycles. The number of aryl methyl sites for hydroxylation is 2. The molecule has 0 saturated carbocycles. The van der Waals surface area contributed by atoms with Crippen molar-refractivity contribution in [2.45, 2.75) is 20.3 Å². The van der Waals surface area contributed by atoms with Gasteiger partial charge in [-0.2, -0.15) is 0 Å². The molecule has 0 unspecified atom stereocenters. The maximum absolute atomic E-state index is 2.30. The SMILES string of the molecule is CCc1cc2ccccc2cc1C. The molecule has 0 saturated heterocycles. The van der Waals surface area contributed by atoms with Crippen LogP contribution in [0.1, 0.15) is 18.1 Å². The lowest BCUT2D eigenvalue weighted by Gasteiger charge is -2.05. The van der Waals surface area contributed by atoms with Crippen molar-refractivity contribution < 1.29 is 0 Å². The van der Waals surface area contributed by atoms with E-state index in [4.69, 9.17) is 0 Å². The summed E-state index contributed by atoms with van der Waals surface area (Å²) >= 11 is 0. The van der Waals surface area contributed by atoms with Crippen LogP contribution in [-0.4, -0.2) is 0 Å². The van der Waals surface area contributed by atoms with Gasteiger partial charge >= 0.3 is 0 Å². The topological polar surface area (TPSA) is 0 Å². The van der Waals surface area contributed by atoms with Crippen LogP contribution < -0.4 is 0 Å². The van der Waals surface area contributed by atoms with Gasteiger partial charge in [0.2, 0.25) is 0 Å². The number of hydrogen-bond donors (Lipinski definition) is 0. The number of hydrogen-bond acceptors (Lipinski definition) is 0. The monoisotopic (exact) mass is 170 g/mol. The molecule has 0 nitrogen and oxygen atoms in total. The lowest BCUT2D eigenvalue weighted by molar-refractivity contribution is 1.12. The summed E-state index contributed by atoms with van der Waals surface area (Å²) in [6.45, 7) is 4.39. The van der Waals surface area contributed by atoms with Crippen LogP contribution in [0.5, 0.6) is 0 Å². The van der Waals surface area contributed by atoms with E-state index in [2.05, 4.69) is 50.2 Å². The molecule has 2 rings (SSSR count). The van der Waals surface area contributed by atoms with Crippen molar-refractivity contribution in [3.8, 4) is 0 Å². The second-order valence-corrected chi connectivity index (χ2v) is 3.48. The maximum atomic E-state index is 2.30. The van der Waals surface area contributed by atoms with Gasteiger partial charge in [-0.3, -0.25) is 0 Å². The molecule has 0 radical (unpaired) electrons. The number of rotatable bonds is 1. The zero-order valence-corrected chi connectivity index (χ0v) is 8.17. The fourth-order valence-corrected chi connectivity index (χ4v) is 1.78. The molecule has 0 amide bonds. The molecular formula is C13H14. The van der Waals surface area contributed by atoms with Crippen molar-refractivity contribution in [1.29, 1.82) is 0 Å². The van der Waals surface area contributed by atoms with Crippen molar-refractivity contribution in [2.24, 2.45) is 0 Å². The molecule has 0 aliphatic rings. The van der Waals surface area contributed by atoms with Crippen LogP contribution in [-0.2, 0) is 6.42 Å². The van der Waals surface area contributed by atoms with Crippen LogP contribution in [0, 0.1) is 6.92 Å². The highest BCUT2D eigenvalue weighted by Gasteiger charge is 1.98. The molecule has 13 heavy (non-hydrogen) atoms. The maximum Gasteiger partial charge on any atom is -0.0181 e. The molecule has 0 atom stereocenters. The number of benzene rings is 2. The van der Waals surface area contributed by atoms with Crippen LogP contribution in [0.25, 0.3) is 10.8 Å². The summed E-state index contributed by atoms with van der Waals surface area (Å²) in [5.41, 5.74) is 2.86. The molecule has 0 aliphatic heterocycles. The summed E-state index contributed by atoms with van der Waals surface area (Å²) in [7, 11) is 0. The van der Waals surface area contributed by atoms with Gasteiger partial charge in [0.05, 0.1) is 0 Å². The van der Waals surface area contributed by atoms with Crippen LogP contribution in [0.2, 0.25) is 0 Å². The lowest BCUT2D eigenvalue weighted by atomic mass is 10.0. The van der Waals surface area contributed by atoms with Gasteiger partial charge < -0.3 is 0 Å². The fraction of sp³-hybridized carbons (Fsp3) is 0.231. The first-order valence-corrected chi connectivity index (χ1v) is 4.79. The van der Waals surface area contributed by atoms with Gasteiger partial charge in [-0.15, -0.1) is 0 Å². The molecule has 0 fully saturated rings. The third kappa shape index (κ3) is 1.44. The Hall–Kier alpha value is -1.30. The zero-order chi connectivity index (χ0) is 9.26. The van der Waals surface area contributed by atoms with Crippen molar-refractivity contribution in [2.75, 3.05) is 0 Å². The molecule has 66 valence electrons. The first-order valence-electron chi connectivity index (χ1n) is 4.79. The second-order valence-electron chi connectivity index (χ2n) is 3.48. The molecule has 2 aromatic carbocycles. The molecule has 0 bridgehead atoms. The molecule has 2 aromatic rings. The highest BCUT2D eigenvalue weighted by atomic mass is 14.0. The summed E-state index contributed by atoms with van der Waals surface area (Å²) in [5, 5.41) is 2.70. The fourth-order valence-electron chi connectivity index (χ4n) is 1.78. The molecule has 0 aliphatic carbocycles. The summed E-state index contributed by atoms with van der Waals surface area (Å²) in [6.07, 6.45) is 1.12. The minimum atomic E-state index is 1.12. The Morgan fingerprint density at radius 2 is 1.62 bits per heavy atom. The smallest absolute Gasteiger partial charge is 0.0181 e. The largest absolute Gasteiger partial charge is 0.0616 e. The average molecular weight is 170 g/mol. The van der Waals surface area contributed by atoms with Crippen molar-refractivity contribution in [3.05, 3.63) is 47.5 Å². The van der Waals surface area contributed by atoms with E-state index in [1.54, 1.807) is 0 Å². The molecule has 0 heterocycles. The van der Waals surface area contributed by atoms with Gasteiger partial charge in [0, 0.05) is 0 Å². The van der Waals surface area contributed by atoms with Gasteiger partial charge in [-0.05, 0) is 35.2 Å². The van der Waals surface area contributed by atoms with Gasteiger partial charge in [0.1, 0.15) is 0 Å². The van der Waals surface area contributed by atoms with Crippen LogP contribution in [0.15, 0.2) is 36.4 Å². The van der Waals surface area contributed by atoms with Gasteiger partial charge in [0.15, 0.2) is 0 Å². The Bertz CT molecular complexity index is 427. The second kappa shape index (κ2) is 3.21. The first kappa shape index (κ1) is 8.31.